The quantitative estimate of drug-likeness (QED) is 0.836. The van der Waals surface area contributed by atoms with Crippen LogP contribution in [-0.2, 0) is 16.1 Å². The number of anilines is 1. The Kier molecular flexibility index (Phi) is 5.55. The van der Waals surface area contributed by atoms with Gasteiger partial charge in [-0.25, -0.2) is 0 Å². The molecule has 0 saturated carbocycles. The van der Waals surface area contributed by atoms with E-state index in [0.717, 1.165) is 18.7 Å². The molecule has 2 rings (SSSR count). The molecule has 2 N–H and O–H groups in total. The van der Waals surface area contributed by atoms with Crippen LogP contribution in [0.3, 0.4) is 0 Å². The molecule has 1 aromatic rings. The summed E-state index contributed by atoms with van der Waals surface area (Å²) < 4.78 is 10.8. The zero-order valence-corrected chi connectivity index (χ0v) is 12.8. The van der Waals surface area contributed by atoms with Crippen LogP contribution < -0.4 is 15.4 Å². The van der Waals surface area contributed by atoms with Crippen molar-refractivity contribution in [1.82, 2.24) is 10.2 Å². The number of methoxy groups -OCH3 is 1. The highest BCUT2D eigenvalue weighted by Crippen LogP contribution is 2.26. The van der Waals surface area contributed by atoms with Crippen LogP contribution in [0.4, 0.5) is 5.69 Å². The summed E-state index contributed by atoms with van der Waals surface area (Å²) in [7, 11) is 5.60. The lowest BCUT2D eigenvalue weighted by molar-refractivity contribution is -0.128. The zero-order valence-electron chi connectivity index (χ0n) is 12.8. The van der Waals surface area contributed by atoms with E-state index < -0.39 is 6.10 Å². The zero-order chi connectivity index (χ0) is 15.2. The first-order valence-corrected chi connectivity index (χ1v) is 7.05. The van der Waals surface area contributed by atoms with Crippen molar-refractivity contribution in [3.05, 3.63) is 23.8 Å². The monoisotopic (exact) mass is 293 g/mol. The number of rotatable bonds is 5. The van der Waals surface area contributed by atoms with Gasteiger partial charge in [-0.05, 0) is 31.8 Å². The lowest BCUT2D eigenvalue weighted by Gasteiger charge is -2.23. The Bertz CT molecular complexity index is 485. The van der Waals surface area contributed by atoms with Crippen molar-refractivity contribution < 1.29 is 14.3 Å². The molecule has 1 aromatic carbocycles. The molecule has 116 valence electrons. The number of ether oxygens (including phenoxy) is 2. The van der Waals surface area contributed by atoms with Gasteiger partial charge in [-0.15, -0.1) is 0 Å². The summed E-state index contributed by atoms with van der Waals surface area (Å²) in [5.74, 6) is 0.497. The van der Waals surface area contributed by atoms with E-state index in [1.165, 1.54) is 0 Å². The maximum atomic E-state index is 12.2. The van der Waals surface area contributed by atoms with Crippen molar-refractivity contribution in [2.75, 3.05) is 46.2 Å². The van der Waals surface area contributed by atoms with E-state index in [1.54, 1.807) is 7.11 Å². The molecular formula is C15H23N3O3. The first-order valence-electron chi connectivity index (χ1n) is 7.05. The minimum absolute atomic E-state index is 0.150. The molecule has 1 atom stereocenters. The lowest BCUT2D eigenvalue weighted by Crippen LogP contribution is -2.45. The fourth-order valence-electron chi connectivity index (χ4n) is 2.26. The standard InChI is InChI=1S/C15H23N3O3/c1-18(2)10-11-4-5-13(20-3)12(8-11)17-15(19)14-9-16-6-7-21-14/h4-5,8,14,16H,6-7,9-10H2,1-3H3,(H,17,19). The first kappa shape index (κ1) is 15.8. The van der Waals surface area contributed by atoms with Crippen LogP contribution in [0, 0.1) is 0 Å². The molecule has 21 heavy (non-hydrogen) atoms. The highest BCUT2D eigenvalue weighted by atomic mass is 16.5. The number of carbonyl (C=O) groups is 1. The summed E-state index contributed by atoms with van der Waals surface area (Å²) in [5, 5.41) is 6.04. The summed E-state index contributed by atoms with van der Waals surface area (Å²) in [4.78, 5) is 14.3. The van der Waals surface area contributed by atoms with Gasteiger partial charge in [0.05, 0.1) is 19.4 Å². The average molecular weight is 293 g/mol. The van der Waals surface area contributed by atoms with Crippen molar-refractivity contribution >= 4 is 11.6 Å². The molecule has 0 radical (unpaired) electrons. The van der Waals surface area contributed by atoms with E-state index in [4.69, 9.17) is 9.47 Å². The van der Waals surface area contributed by atoms with Crippen molar-refractivity contribution in [1.29, 1.82) is 0 Å². The van der Waals surface area contributed by atoms with E-state index in [-0.39, 0.29) is 5.91 Å². The number of hydrogen-bond acceptors (Lipinski definition) is 5. The second kappa shape index (κ2) is 7.40. The Morgan fingerprint density at radius 1 is 1.52 bits per heavy atom. The lowest BCUT2D eigenvalue weighted by atomic mass is 10.1. The highest BCUT2D eigenvalue weighted by molar-refractivity contribution is 5.95. The van der Waals surface area contributed by atoms with Crippen LogP contribution in [0.5, 0.6) is 5.75 Å². The van der Waals surface area contributed by atoms with E-state index in [1.807, 2.05) is 32.3 Å². The Hall–Kier alpha value is -1.63. The molecule has 0 bridgehead atoms. The van der Waals surface area contributed by atoms with Crippen LogP contribution in [0.25, 0.3) is 0 Å². The summed E-state index contributed by atoms with van der Waals surface area (Å²) in [6.07, 6.45) is -0.457. The molecular weight excluding hydrogens is 270 g/mol. The van der Waals surface area contributed by atoms with Gasteiger partial charge in [-0.3, -0.25) is 4.79 Å². The predicted octanol–water partition coefficient (Wildman–Crippen LogP) is 0.684. The highest BCUT2D eigenvalue weighted by Gasteiger charge is 2.22. The molecule has 6 heteroatoms. The molecule has 0 aromatic heterocycles. The van der Waals surface area contributed by atoms with Crippen LogP contribution in [0.15, 0.2) is 18.2 Å². The number of nitrogens with zero attached hydrogens (tertiary/aromatic N) is 1. The van der Waals surface area contributed by atoms with Gasteiger partial charge < -0.3 is 25.0 Å². The van der Waals surface area contributed by atoms with Crippen LogP contribution in [-0.4, -0.2) is 57.8 Å². The summed E-state index contributed by atoms with van der Waals surface area (Å²) in [6, 6.07) is 5.80. The Balaban J connectivity index is 2.10. The third kappa shape index (κ3) is 4.42. The van der Waals surface area contributed by atoms with E-state index in [2.05, 4.69) is 15.5 Å². The minimum atomic E-state index is -0.457. The van der Waals surface area contributed by atoms with Gasteiger partial charge in [0.2, 0.25) is 0 Å². The molecule has 0 aliphatic carbocycles. The van der Waals surface area contributed by atoms with Gasteiger partial charge in [0.1, 0.15) is 11.9 Å². The molecule has 0 spiro atoms. The van der Waals surface area contributed by atoms with Gasteiger partial charge in [0.25, 0.3) is 5.91 Å². The second-order valence-electron chi connectivity index (χ2n) is 5.33. The smallest absolute Gasteiger partial charge is 0.254 e. The topological polar surface area (TPSA) is 62.8 Å². The average Bonchev–Trinajstić information content (AvgIpc) is 2.48. The van der Waals surface area contributed by atoms with Gasteiger partial charge in [0, 0.05) is 19.6 Å². The number of carbonyl (C=O) groups excluding carboxylic acids is 1. The van der Waals surface area contributed by atoms with Crippen molar-refractivity contribution in [3.8, 4) is 5.75 Å². The van der Waals surface area contributed by atoms with Crippen LogP contribution in [0.2, 0.25) is 0 Å². The van der Waals surface area contributed by atoms with Gasteiger partial charge in [-0.2, -0.15) is 0 Å². The normalized spacial score (nSPS) is 18.6. The fourth-order valence-corrected chi connectivity index (χ4v) is 2.26. The maximum absolute atomic E-state index is 12.2. The van der Waals surface area contributed by atoms with E-state index in [0.29, 0.717) is 24.6 Å². The molecule has 1 heterocycles. The van der Waals surface area contributed by atoms with Gasteiger partial charge in [-0.1, -0.05) is 6.07 Å². The van der Waals surface area contributed by atoms with E-state index >= 15 is 0 Å². The Labute approximate surface area is 125 Å². The van der Waals surface area contributed by atoms with Crippen molar-refractivity contribution in [2.45, 2.75) is 12.6 Å². The van der Waals surface area contributed by atoms with Crippen LogP contribution >= 0.6 is 0 Å². The Morgan fingerprint density at radius 3 is 2.95 bits per heavy atom. The molecule has 1 aliphatic heterocycles. The second-order valence-corrected chi connectivity index (χ2v) is 5.33. The summed E-state index contributed by atoms with van der Waals surface area (Å²) >= 11 is 0. The molecule has 1 unspecified atom stereocenters. The number of amides is 1. The molecule has 1 saturated heterocycles. The van der Waals surface area contributed by atoms with Crippen molar-refractivity contribution in [3.63, 3.8) is 0 Å². The SMILES string of the molecule is COc1ccc(CN(C)C)cc1NC(=O)C1CNCCO1. The predicted molar refractivity (Wildman–Crippen MR) is 81.6 cm³/mol. The van der Waals surface area contributed by atoms with Gasteiger partial charge in [0.15, 0.2) is 0 Å². The number of morpholine rings is 1. The van der Waals surface area contributed by atoms with Gasteiger partial charge >= 0.3 is 0 Å². The van der Waals surface area contributed by atoms with Crippen molar-refractivity contribution in [2.24, 2.45) is 0 Å². The number of hydrogen-bond donors (Lipinski definition) is 2. The molecule has 1 amide bonds. The first-order chi connectivity index (χ1) is 10.1. The molecule has 6 nitrogen and oxygen atoms in total. The summed E-state index contributed by atoms with van der Waals surface area (Å²) in [6.45, 7) is 2.67. The Morgan fingerprint density at radius 2 is 2.33 bits per heavy atom. The molecule has 1 fully saturated rings. The number of nitrogens with one attached hydrogen (secondary N) is 2. The largest absolute Gasteiger partial charge is 0.495 e. The molecule has 1 aliphatic rings. The maximum Gasteiger partial charge on any atom is 0.254 e. The third-order valence-electron chi connectivity index (χ3n) is 3.24. The summed E-state index contributed by atoms with van der Waals surface area (Å²) in [5.41, 5.74) is 1.79. The van der Waals surface area contributed by atoms with Crippen LogP contribution in [0.1, 0.15) is 5.56 Å². The minimum Gasteiger partial charge on any atom is -0.495 e. The third-order valence-corrected chi connectivity index (χ3v) is 3.24. The number of benzene rings is 1. The van der Waals surface area contributed by atoms with E-state index in [9.17, 15) is 4.79 Å². The fraction of sp³-hybridized carbons (Fsp3) is 0.533.